The predicted molar refractivity (Wildman–Crippen MR) is 108 cm³/mol. The van der Waals surface area contributed by atoms with Gasteiger partial charge in [-0.1, -0.05) is 23.4 Å². The third-order valence-electron chi connectivity index (χ3n) is 5.61. The molecule has 0 bridgehead atoms. The van der Waals surface area contributed by atoms with E-state index in [1.165, 1.54) is 12.1 Å². The van der Waals surface area contributed by atoms with E-state index in [-0.39, 0.29) is 11.9 Å². The number of nitrogens with zero attached hydrogens (tertiary/aromatic N) is 5. The molecule has 1 saturated heterocycles. The van der Waals surface area contributed by atoms with Gasteiger partial charge in [0, 0.05) is 31.4 Å². The fourth-order valence-electron chi connectivity index (χ4n) is 3.98. The van der Waals surface area contributed by atoms with Crippen LogP contribution in [0.5, 0.6) is 0 Å². The zero-order chi connectivity index (χ0) is 19.8. The number of likely N-dealkylation sites (N-methyl/N-ethyl adjacent to an activating group) is 1. The molecule has 4 heterocycles. The Morgan fingerprint density at radius 3 is 2.86 bits per heavy atom. The molecule has 0 spiro atoms. The summed E-state index contributed by atoms with van der Waals surface area (Å²) in [5, 5.41) is 8.85. The summed E-state index contributed by atoms with van der Waals surface area (Å²) in [6.45, 7) is 3.58. The number of hydrogen-bond donors (Lipinski definition) is 0. The average Bonchev–Trinajstić information content (AvgIpc) is 3.39. The average molecular weight is 391 g/mol. The maximum Gasteiger partial charge on any atom is 0.123 e. The lowest BCUT2D eigenvalue weighted by molar-refractivity contribution is 0.0840. The van der Waals surface area contributed by atoms with E-state index >= 15 is 0 Å². The summed E-state index contributed by atoms with van der Waals surface area (Å²) in [6, 6.07) is 14.7. The van der Waals surface area contributed by atoms with Gasteiger partial charge >= 0.3 is 0 Å². The number of benzene rings is 1. The largest absolute Gasteiger partial charge is 0.468 e. The molecular weight excluding hydrogens is 369 g/mol. The fourth-order valence-corrected chi connectivity index (χ4v) is 3.98. The molecule has 1 fully saturated rings. The van der Waals surface area contributed by atoms with Crippen molar-refractivity contribution >= 4 is 5.52 Å². The van der Waals surface area contributed by atoms with Crippen LogP contribution in [0.4, 0.5) is 4.39 Å². The summed E-state index contributed by atoms with van der Waals surface area (Å²) in [4.78, 5) is 4.71. The van der Waals surface area contributed by atoms with E-state index in [2.05, 4.69) is 27.2 Å². The van der Waals surface area contributed by atoms with E-state index in [0.29, 0.717) is 0 Å². The Balaban J connectivity index is 1.43. The number of pyridine rings is 1. The SMILES string of the molecule is CN1CCN(Cc2ccco2)CC1c1nnn2cc(-c3cccc(F)c3)ccc12. The van der Waals surface area contributed by atoms with Crippen LogP contribution in [0.2, 0.25) is 0 Å². The summed E-state index contributed by atoms with van der Waals surface area (Å²) in [6.07, 6.45) is 3.62. The second-order valence-corrected chi connectivity index (χ2v) is 7.54. The van der Waals surface area contributed by atoms with E-state index < -0.39 is 0 Å². The number of piperazine rings is 1. The summed E-state index contributed by atoms with van der Waals surface area (Å²) in [5.41, 5.74) is 3.66. The van der Waals surface area contributed by atoms with Crippen molar-refractivity contribution < 1.29 is 8.81 Å². The molecule has 1 aliphatic heterocycles. The molecule has 5 rings (SSSR count). The normalized spacial score (nSPS) is 18.5. The summed E-state index contributed by atoms with van der Waals surface area (Å²) >= 11 is 0. The Morgan fingerprint density at radius 1 is 1.10 bits per heavy atom. The van der Waals surface area contributed by atoms with E-state index in [1.54, 1.807) is 16.8 Å². The molecule has 1 atom stereocenters. The number of halogens is 1. The smallest absolute Gasteiger partial charge is 0.123 e. The molecule has 7 heteroatoms. The molecule has 0 N–H and O–H groups in total. The lowest BCUT2D eigenvalue weighted by Crippen LogP contribution is -2.46. The Kier molecular flexibility index (Phi) is 4.61. The first-order valence-electron chi connectivity index (χ1n) is 9.73. The monoisotopic (exact) mass is 391 g/mol. The summed E-state index contributed by atoms with van der Waals surface area (Å²) in [5.74, 6) is 0.725. The molecule has 6 nitrogen and oxygen atoms in total. The number of aromatic nitrogens is 3. The topological polar surface area (TPSA) is 49.8 Å². The summed E-state index contributed by atoms with van der Waals surface area (Å²) < 4.78 is 20.9. The molecular formula is C22H22FN5O. The van der Waals surface area contributed by atoms with Crippen molar-refractivity contribution in [3.05, 3.63) is 78.3 Å². The Bertz CT molecular complexity index is 1120. The van der Waals surface area contributed by atoms with Gasteiger partial charge in [0.15, 0.2) is 0 Å². The number of rotatable bonds is 4. The molecule has 4 aromatic rings. The van der Waals surface area contributed by atoms with E-state index in [1.807, 2.05) is 36.5 Å². The molecule has 1 aliphatic rings. The molecule has 0 aliphatic carbocycles. The van der Waals surface area contributed by atoms with Crippen LogP contribution in [0.25, 0.3) is 16.6 Å². The van der Waals surface area contributed by atoms with Crippen LogP contribution in [0, 0.1) is 5.82 Å². The van der Waals surface area contributed by atoms with Crippen molar-refractivity contribution in [3.63, 3.8) is 0 Å². The molecule has 148 valence electrons. The molecule has 0 radical (unpaired) electrons. The van der Waals surface area contributed by atoms with Gasteiger partial charge in [-0.2, -0.15) is 0 Å². The van der Waals surface area contributed by atoms with Crippen LogP contribution in [0.15, 0.2) is 65.4 Å². The third-order valence-corrected chi connectivity index (χ3v) is 5.61. The van der Waals surface area contributed by atoms with Crippen LogP contribution in [-0.4, -0.2) is 51.3 Å². The predicted octanol–water partition coefficient (Wildman–Crippen LogP) is 3.62. The highest BCUT2D eigenvalue weighted by atomic mass is 19.1. The minimum atomic E-state index is -0.248. The number of furan rings is 1. The second-order valence-electron chi connectivity index (χ2n) is 7.54. The minimum absolute atomic E-state index is 0.149. The van der Waals surface area contributed by atoms with Crippen LogP contribution in [0.1, 0.15) is 17.5 Å². The van der Waals surface area contributed by atoms with Gasteiger partial charge in [-0.25, -0.2) is 8.91 Å². The Labute approximate surface area is 168 Å². The van der Waals surface area contributed by atoms with Crippen molar-refractivity contribution in [2.24, 2.45) is 0 Å². The first-order chi connectivity index (χ1) is 14.2. The van der Waals surface area contributed by atoms with Crippen molar-refractivity contribution in [2.75, 3.05) is 26.7 Å². The molecule has 1 unspecified atom stereocenters. The number of hydrogen-bond acceptors (Lipinski definition) is 5. The zero-order valence-corrected chi connectivity index (χ0v) is 16.2. The van der Waals surface area contributed by atoms with Gasteiger partial charge in [-0.05, 0) is 42.9 Å². The van der Waals surface area contributed by atoms with Gasteiger partial charge in [-0.15, -0.1) is 5.10 Å². The molecule has 3 aromatic heterocycles. The highest BCUT2D eigenvalue weighted by Crippen LogP contribution is 2.28. The molecule has 29 heavy (non-hydrogen) atoms. The first kappa shape index (κ1) is 18.0. The van der Waals surface area contributed by atoms with Crippen molar-refractivity contribution in [2.45, 2.75) is 12.6 Å². The Morgan fingerprint density at radius 2 is 2.03 bits per heavy atom. The van der Waals surface area contributed by atoms with Crippen molar-refractivity contribution in [3.8, 4) is 11.1 Å². The highest BCUT2D eigenvalue weighted by molar-refractivity contribution is 5.66. The second kappa shape index (κ2) is 7.42. The maximum atomic E-state index is 13.6. The first-order valence-corrected chi connectivity index (χ1v) is 9.73. The van der Waals surface area contributed by atoms with Gasteiger partial charge in [0.1, 0.15) is 17.3 Å². The van der Waals surface area contributed by atoms with E-state index in [9.17, 15) is 4.39 Å². The van der Waals surface area contributed by atoms with Gasteiger partial charge < -0.3 is 4.42 Å². The Hall–Kier alpha value is -3.03. The van der Waals surface area contributed by atoms with Gasteiger partial charge in [-0.3, -0.25) is 9.80 Å². The zero-order valence-electron chi connectivity index (χ0n) is 16.2. The van der Waals surface area contributed by atoms with E-state index in [4.69, 9.17) is 4.42 Å². The van der Waals surface area contributed by atoms with Gasteiger partial charge in [0.05, 0.1) is 24.4 Å². The maximum absolute atomic E-state index is 13.6. The lowest BCUT2D eigenvalue weighted by Gasteiger charge is -2.38. The minimum Gasteiger partial charge on any atom is -0.468 e. The fraction of sp³-hybridized carbons (Fsp3) is 0.273. The lowest BCUT2D eigenvalue weighted by atomic mass is 10.1. The highest BCUT2D eigenvalue weighted by Gasteiger charge is 2.29. The molecule has 0 saturated carbocycles. The standard InChI is InChI=1S/C22H22FN5O/c1-26-9-10-27(14-19-6-3-11-29-19)15-21(26)22-20-8-7-17(13-28(20)25-24-22)16-4-2-5-18(23)12-16/h2-8,11-13,21H,9-10,14-15H2,1H3. The van der Waals surface area contributed by atoms with E-state index in [0.717, 1.165) is 54.3 Å². The van der Waals surface area contributed by atoms with Crippen molar-refractivity contribution in [1.82, 2.24) is 24.6 Å². The van der Waals surface area contributed by atoms with Crippen LogP contribution in [0.3, 0.4) is 0 Å². The van der Waals surface area contributed by atoms with Gasteiger partial charge in [0.2, 0.25) is 0 Å². The van der Waals surface area contributed by atoms with Crippen molar-refractivity contribution in [1.29, 1.82) is 0 Å². The van der Waals surface area contributed by atoms with Crippen LogP contribution in [-0.2, 0) is 6.54 Å². The quantitative estimate of drug-likeness (QED) is 0.532. The molecule has 1 aromatic carbocycles. The van der Waals surface area contributed by atoms with Crippen LogP contribution < -0.4 is 0 Å². The third kappa shape index (κ3) is 3.54. The molecule has 0 amide bonds. The summed E-state index contributed by atoms with van der Waals surface area (Å²) in [7, 11) is 2.13. The van der Waals surface area contributed by atoms with Crippen LogP contribution >= 0.6 is 0 Å². The number of fused-ring (bicyclic) bond motifs is 1. The van der Waals surface area contributed by atoms with Gasteiger partial charge in [0.25, 0.3) is 0 Å².